The van der Waals surface area contributed by atoms with Crippen LogP contribution < -0.4 is 10.1 Å². The number of aromatic nitrogens is 2. The molecule has 0 saturated carbocycles. The molecule has 1 aliphatic rings. The van der Waals surface area contributed by atoms with Crippen LogP contribution in [-0.2, 0) is 24.8 Å². The molecule has 3 atom stereocenters. The highest BCUT2D eigenvalue weighted by Crippen LogP contribution is 2.31. The summed E-state index contributed by atoms with van der Waals surface area (Å²) in [5.74, 6) is 0.0783. The zero-order valence-corrected chi connectivity index (χ0v) is 24.7. The van der Waals surface area contributed by atoms with E-state index in [0.717, 1.165) is 28.6 Å². The molecule has 0 fully saturated rings. The third-order valence-corrected chi connectivity index (χ3v) is 7.97. The molecule has 2 amide bonds. The average Bonchev–Trinajstić information content (AvgIpc) is 3.29. The number of anilines is 1. The van der Waals surface area contributed by atoms with Gasteiger partial charge in [0.05, 0.1) is 24.6 Å². The van der Waals surface area contributed by atoms with Crippen LogP contribution in [0.2, 0.25) is 0 Å². The molecule has 9 nitrogen and oxygen atoms in total. The summed E-state index contributed by atoms with van der Waals surface area (Å²) in [6.07, 6.45) is 5.55. The maximum absolute atomic E-state index is 13.8. The second kappa shape index (κ2) is 12.8. The minimum atomic E-state index is -0.370. The molecular formula is C33H39N5O4. The molecule has 0 aliphatic carbocycles. The van der Waals surface area contributed by atoms with Crippen molar-refractivity contribution >= 4 is 28.4 Å². The Morgan fingerprint density at radius 1 is 1.19 bits per heavy atom. The highest BCUT2D eigenvalue weighted by Gasteiger charge is 2.33. The summed E-state index contributed by atoms with van der Waals surface area (Å²) in [6, 6.07) is 16.8. The first-order valence-corrected chi connectivity index (χ1v) is 14.4. The quantitative estimate of drug-likeness (QED) is 0.315. The highest BCUT2D eigenvalue weighted by molar-refractivity contribution is 6.00. The van der Waals surface area contributed by atoms with Crippen LogP contribution >= 0.6 is 0 Å². The summed E-state index contributed by atoms with van der Waals surface area (Å²) in [5.41, 5.74) is 4.05. The van der Waals surface area contributed by atoms with Gasteiger partial charge in [-0.1, -0.05) is 25.1 Å². The van der Waals surface area contributed by atoms with E-state index in [2.05, 4.69) is 22.1 Å². The summed E-state index contributed by atoms with van der Waals surface area (Å²) in [4.78, 5) is 34.9. The summed E-state index contributed by atoms with van der Waals surface area (Å²) in [7, 11) is 4.01. The molecule has 42 heavy (non-hydrogen) atoms. The second-order valence-corrected chi connectivity index (χ2v) is 11.4. The lowest BCUT2D eigenvalue weighted by Gasteiger charge is -2.38. The van der Waals surface area contributed by atoms with Gasteiger partial charge in [0.2, 0.25) is 5.91 Å². The second-order valence-electron chi connectivity index (χ2n) is 11.4. The molecule has 0 bridgehead atoms. The number of hydrogen-bond acceptors (Lipinski definition) is 6. The number of hydrogen-bond donors (Lipinski definition) is 2. The van der Waals surface area contributed by atoms with E-state index in [1.807, 2.05) is 68.2 Å². The Balaban J connectivity index is 1.37. The number of aliphatic hydroxyl groups is 1. The van der Waals surface area contributed by atoms with Crippen molar-refractivity contribution in [1.82, 2.24) is 19.4 Å². The van der Waals surface area contributed by atoms with E-state index in [0.29, 0.717) is 30.1 Å². The summed E-state index contributed by atoms with van der Waals surface area (Å²) in [6.45, 7) is 5.57. The van der Waals surface area contributed by atoms with Crippen molar-refractivity contribution in [3.8, 4) is 5.75 Å². The Labute approximate surface area is 246 Å². The number of aryl methyl sites for hydroxylation is 1. The summed E-state index contributed by atoms with van der Waals surface area (Å²) in [5, 5.41) is 14.0. The van der Waals surface area contributed by atoms with Gasteiger partial charge < -0.3 is 24.6 Å². The number of carbonyl (C=O) groups is 2. The number of rotatable bonds is 9. The van der Waals surface area contributed by atoms with E-state index in [9.17, 15) is 14.7 Å². The van der Waals surface area contributed by atoms with E-state index in [-0.39, 0.29) is 42.9 Å². The fourth-order valence-electron chi connectivity index (χ4n) is 5.63. The van der Waals surface area contributed by atoms with Crippen LogP contribution in [0.5, 0.6) is 5.75 Å². The van der Waals surface area contributed by atoms with Gasteiger partial charge in [0.15, 0.2) is 0 Å². The van der Waals surface area contributed by atoms with Crippen molar-refractivity contribution in [3.63, 3.8) is 0 Å². The number of ether oxygens (including phenoxy) is 1. The number of aliphatic hydroxyl groups excluding tert-OH is 1. The topological polar surface area (TPSA) is 99.9 Å². The zero-order chi connectivity index (χ0) is 29.8. The van der Waals surface area contributed by atoms with Gasteiger partial charge in [0, 0.05) is 67.8 Å². The minimum Gasteiger partial charge on any atom is -0.488 e. The molecule has 1 aliphatic heterocycles. The first-order chi connectivity index (χ1) is 20.2. The Bertz CT molecular complexity index is 1550. The van der Waals surface area contributed by atoms with Gasteiger partial charge >= 0.3 is 0 Å². The van der Waals surface area contributed by atoms with E-state index < -0.39 is 0 Å². The van der Waals surface area contributed by atoms with E-state index in [1.54, 1.807) is 35.5 Å². The molecule has 2 aromatic carbocycles. The lowest BCUT2D eigenvalue weighted by Crippen LogP contribution is -2.49. The molecule has 5 rings (SSSR count). The van der Waals surface area contributed by atoms with Crippen LogP contribution in [0.3, 0.4) is 0 Å². The first-order valence-electron chi connectivity index (χ1n) is 14.4. The molecule has 3 heterocycles. The molecule has 220 valence electrons. The van der Waals surface area contributed by atoms with Crippen molar-refractivity contribution in [2.45, 2.75) is 39.0 Å². The molecule has 0 unspecified atom stereocenters. The zero-order valence-electron chi connectivity index (χ0n) is 24.7. The largest absolute Gasteiger partial charge is 0.488 e. The van der Waals surface area contributed by atoms with E-state index in [1.165, 1.54) is 0 Å². The van der Waals surface area contributed by atoms with Crippen LogP contribution in [0.15, 0.2) is 73.2 Å². The Morgan fingerprint density at radius 3 is 2.71 bits per heavy atom. The van der Waals surface area contributed by atoms with E-state index >= 15 is 0 Å². The van der Waals surface area contributed by atoms with Crippen molar-refractivity contribution in [2.75, 3.05) is 32.1 Å². The molecule has 4 aromatic rings. The van der Waals surface area contributed by atoms with Crippen molar-refractivity contribution in [1.29, 1.82) is 0 Å². The van der Waals surface area contributed by atoms with E-state index in [4.69, 9.17) is 4.74 Å². The van der Waals surface area contributed by atoms with Crippen LogP contribution in [0.1, 0.15) is 35.3 Å². The predicted molar refractivity (Wildman–Crippen MR) is 163 cm³/mol. The minimum absolute atomic E-state index is 0.0102. The van der Waals surface area contributed by atoms with Gasteiger partial charge in [-0.15, -0.1) is 0 Å². The third-order valence-electron chi connectivity index (χ3n) is 7.97. The van der Waals surface area contributed by atoms with Crippen LogP contribution in [-0.4, -0.2) is 75.2 Å². The van der Waals surface area contributed by atoms with Crippen molar-refractivity contribution in [3.05, 3.63) is 89.9 Å². The monoisotopic (exact) mass is 569 g/mol. The number of pyridine rings is 1. The number of benzene rings is 2. The molecule has 9 heteroatoms. The lowest BCUT2D eigenvalue weighted by atomic mass is 9.99. The number of likely N-dealkylation sites (N-methyl/N-ethyl adjacent to an activating group) is 1. The molecule has 0 radical (unpaired) electrons. The molecule has 0 spiro atoms. The number of carbonyl (C=O) groups excluding carboxylic acids is 2. The van der Waals surface area contributed by atoms with Crippen molar-refractivity contribution < 1.29 is 19.4 Å². The van der Waals surface area contributed by atoms with Gasteiger partial charge in [0.1, 0.15) is 11.9 Å². The summed E-state index contributed by atoms with van der Waals surface area (Å²) >= 11 is 0. The van der Waals surface area contributed by atoms with Gasteiger partial charge in [-0.2, -0.15) is 0 Å². The van der Waals surface area contributed by atoms with Gasteiger partial charge in [-0.25, -0.2) is 0 Å². The number of fused-ring (bicyclic) bond motifs is 2. The first kappa shape index (κ1) is 29.3. The van der Waals surface area contributed by atoms with Crippen LogP contribution in [0, 0.1) is 5.92 Å². The molecule has 0 saturated heterocycles. The number of amides is 2. The summed E-state index contributed by atoms with van der Waals surface area (Å²) < 4.78 is 8.53. The maximum Gasteiger partial charge on any atom is 0.258 e. The smallest absolute Gasteiger partial charge is 0.258 e. The molecule has 2 N–H and O–H groups in total. The number of nitrogens with one attached hydrogen (secondary N) is 1. The fourth-order valence-corrected chi connectivity index (χ4v) is 5.63. The Morgan fingerprint density at radius 2 is 1.95 bits per heavy atom. The van der Waals surface area contributed by atoms with Gasteiger partial charge in [-0.05, 0) is 61.5 Å². The predicted octanol–water partition coefficient (Wildman–Crippen LogP) is 4.11. The molecular weight excluding hydrogens is 530 g/mol. The van der Waals surface area contributed by atoms with Crippen LogP contribution in [0.4, 0.5) is 5.69 Å². The van der Waals surface area contributed by atoms with Gasteiger partial charge in [0.25, 0.3) is 5.91 Å². The van der Waals surface area contributed by atoms with Crippen LogP contribution in [0.25, 0.3) is 10.9 Å². The SMILES string of the molecule is C[C@H]1CN([C@@H](C)CO)C(=O)c2cc(NC(=O)Cc3cn(C)c4ccccc34)ccc2O[C@@H]1CN(C)Cc1ccncc1. The lowest BCUT2D eigenvalue weighted by molar-refractivity contribution is -0.115. The van der Waals surface area contributed by atoms with Crippen molar-refractivity contribution in [2.24, 2.45) is 13.0 Å². The maximum atomic E-state index is 13.8. The standard InChI is InChI=1S/C33H39N5O4/c1-22-17-38(23(2)21-39)33(41)28-16-26(35-32(40)15-25-19-37(4)29-8-6-5-7-27(25)29)9-10-30(28)42-31(22)20-36(3)18-24-11-13-34-14-12-24/h5-14,16,19,22-23,31,39H,15,17-18,20-21H2,1-4H3,(H,35,40)/t22-,23-,31+/m0/s1. The average molecular weight is 570 g/mol. The number of para-hydroxylation sites is 1. The highest BCUT2D eigenvalue weighted by atomic mass is 16.5. The Hall–Kier alpha value is -4.21. The fraction of sp³-hybridized carbons (Fsp3) is 0.364. The molecule has 2 aromatic heterocycles. The third kappa shape index (κ3) is 6.48. The Kier molecular flexibility index (Phi) is 8.89. The van der Waals surface area contributed by atoms with Gasteiger partial charge in [-0.3, -0.25) is 19.5 Å². The number of nitrogens with zero attached hydrogens (tertiary/aromatic N) is 4. The normalized spacial score (nSPS) is 17.9.